The fourth-order valence-electron chi connectivity index (χ4n) is 2.80. The van der Waals surface area contributed by atoms with Crippen LogP contribution in [0.1, 0.15) is 10.5 Å². The molecule has 0 bridgehead atoms. The molecule has 2 aromatic heterocycles. The smallest absolute Gasteiger partial charge is 0.272 e. The van der Waals surface area contributed by atoms with Crippen LogP contribution in [0.15, 0.2) is 65.3 Å². The number of aromatic amines is 1. The van der Waals surface area contributed by atoms with Crippen molar-refractivity contribution in [3.8, 4) is 11.4 Å². The zero-order chi connectivity index (χ0) is 17.4. The van der Waals surface area contributed by atoms with Crippen LogP contribution in [0.3, 0.4) is 0 Å². The van der Waals surface area contributed by atoms with E-state index in [1.165, 1.54) is 0 Å². The number of aromatic nitrogens is 3. The number of hydrogen-bond acceptors (Lipinski definition) is 2. The summed E-state index contributed by atoms with van der Waals surface area (Å²) in [6, 6.07) is 17.5. The molecule has 2 heterocycles. The molecule has 124 valence electrons. The summed E-state index contributed by atoms with van der Waals surface area (Å²) >= 11 is 3.32. The van der Waals surface area contributed by atoms with Gasteiger partial charge in [-0.3, -0.25) is 4.79 Å². The number of fused-ring (bicyclic) bond motifs is 1. The van der Waals surface area contributed by atoms with Gasteiger partial charge >= 0.3 is 0 Å². The minimum absolute atomic E-state index is 0.179. The summed E-state index contributed by atoms with van der Waals surface area (Å²) in [5.74, 6) is 0.716. The minimum Gasteiger partial charge on any atom is -0.356 e. The Labute approximate surface area is 152 Å². The lowest BCUT2D eigenvalue weighted by atomic mass is 10.2. The Morgan fingerprint density at radius 2 is 1.92 bits per heavy atom. The van der Waals surface area contributed by atoms with Crippen molar-refractivity contribution in [2.45, 2.75) is 0 Å². The van der Waals surface area contributed by atoms with Crippen molar-refractivity contribution in [2.75, 3.05) is 5.32 Å². The van der Waals surface area contributed by atoms with Gasteiger partial charge < -0.3 is 14.9 Å². The third-order valence-corrected chi connectivity index (χ3v) is 4.54. The second-order valence-corrected chi connectivity index (χ2v) is 6.66. The van der Waals surface area contributed by atoms with Crippen LogP contribution in [0.5, 0.6) is 0 Å². The van der Waals surface area contributed by atoms with E-state index in [1.807, 2.05) is 49.5 Å². The lowest BCUT2D eigenvalue weighted by molar-refractivity contribution is 0.102. The molecule has 0 radical (unpaired) electrons. The van der Waals surface area contributed by atoms with E-state index in [1.54, 1.807) is 12.3 Å². The molecule has 0 atom stereocenters. The van der Waals surface area contributed by atoms with Gasteiger partial charge in [0.25, 0.3) is 5.91 Å². The van der Waals surface area contributed by atoms with Crippen molar-refractivity contribution < 1.29 is 4.79 Å². The molecule has 0 fully saturated rings. The number of hydrogen-bond donors (Lipinski definition) is 2. The summed E-state index contributed by atoms with van der Waals surface area (Å²) in [6.45, 7) is 0. The summed E-state index contributed by atoms with van der Waals surface area (Å²) in [7, 11) is 2.00. The molecule has 1 amide bonds. The highest BCUT2D eigenvalue weighted by molar-refractivity contribution is 9.10. The van der Waals surface area contributed by atoms with E-state index < -0.39 is 0 Å². The predicted octanol–water partition coefficient (Wildman–Crippen LogP) is 4.58. The number of H-pyrrole nitrogens is 1. The number of para-hydroxylation sites is 2. The number of nitrogens with one attached hydrogen (secondary N) is 2. The monoisotopic (exact) mass is 394 g/mol. The number of anilines is 1. The Bertz CT molecular complexity index is 1060. The highest BCUT2D eigenvalue weighted by atomic mass is 79.9. The van der Waals surface area contributed by atoms with Gasteiger partial charge in [-0.05, 0) is 58.4 Å². The number of carbonyl (C=O) groups excluding carboxylic acids is 1. The van der Waals surface area contributed by atoms with Crippen molar-refractivity contribution in [3.63, 3.8) is 0 Å². The minimum atomic E-state index is -0.179. The molecule has 0 aliphatic rings. The van der Waals surface area contributed by atoms with Crippen molar-refractivity contribution in [1.29, 1.82) is 0 Å². The van der Waals surface area contributed by atoms with Gasteiger partial charge in [-0.2, -0.15) is 0 Å². The quantitative estimate of drug-likeness (QED) is 0.533. The van der Waals surface area contributed by atoms with Crippen LogP contribution in [-0.2, 0) is 7.05 Å². The molecule has 0 saturated carbocycles. The fourth-order valence-corrected chi connectivity index (χ4v) is 3.15. The van der Waals surface area contributed by atoms with Crippen LogP contribution in [0.4, 0.5) is 5.69 Å². The van der Waals surface area contributed by atoms with Gasteiger partial charge in [-0.1, -0.05) is 12.1 Å². The Kier molecular flexibility index (Phi) is 3.89. The van der Waals surface area contributed by atoms with Gasteiger partial charge in [-0.25, -0.2) is 4.98 Å². The van der Waals surface area contributed by atoms with Gasteiger partial charge in [0.05, 0.1) is 11.0 Å². The summed E-state index contributed by atoms with van der Waals surface area (Å²) < 4.78 is 2.91. The first-order valence-corrected chi connectivity index (χ1v) is 8.58. The molecule has 0 aliphatic carbocycles. The standard InChI is InChI=1S/C19H15BrN4O/c1-24-17-5-3-2-4-15(17)23-18(24)12-6-8-14(9-7-12)22-19(25)16-10-13(20)11-21-16/h2-11,21H,1H3,(H,22,25). The first-order valence-electron chi connectivity index (χ1n) is 7.79. The Morgan fingerprint density at radius 1 is 1.16 bits per heavy atom. The Morgan fingerprint density at radius 3 is 2.60 bits per heavy atom. The predicted molar refractivity (Wildman–Crippen MR) is 103 cm³/mol. The van der Waals surface area contributed by atoms with Crippen LogP contribution in [-0.4, -0.2) is 20.4 Å². The van der Waals surface area contributed by atoms with E-state index in [-0.39, 0.29) is 5.91 Å². The van der Waals surface area contributed by atoms with E-state index in [9.17, 15) is 4.79 Å². The van der Waals surface area contributed by atoms with Gasteiger partial charge in [0, 0.05) is 29.0 Å². The SMILES string of the molecule is Cn1c(-c2ccc(NC(=O)c3cc(Br)c[nH]3)cc2)nc2ccccc21. The Hall–Kier alpha value is -2.86. The number of rotatable bonds is 3. The maximum Gasteiger partial charge on any atom is 0.272 e. The van der Waals surface area contributed by atoms with Crippen molar-refractivity contribution >= 4 is 38.6 Å². The molecule has 0 aliphatic heterocycles. The molecule has 0 spiro atoms. The number of halogens is 1. The lowest BCUT2D eigenvalue weighted by Crippen LogP contribution is -2.12. The average Bonchev–Trinajstić information content (AvgIpc) is 3.20. The van der Waals surface area contributed by atoms with Crippen LogP contribution in [0.2, 0.25) is 0 Å². The average molecular weight is 395 g/mol. The number of nitrogens with zero attached hydrogens (tertiary/aromatic N) is 2. The molecule has 6 heteroatoms. The van der Waals surface area contributed by atoms with Gasteiger partial charge in [0.1, 0.15) is 11.5 Å². The van der Waals surface area contributed by atoms with Crippen molar-refractivity contribution in [2.24, 2.45) is 7.05 Å². The number of amides is 1. The van der Waals surface area contributed by atoms with Gasteiger partial charge in [0.15, 0.2) is 0 Å². The third-order valence-electron chi connectivity index (χ3n) is 4.08. The third kappa shape index (κ3) is 2.96. The lowest BCUT2D eigenvalue weighted by Gasteiger charge is -2.06. The normalized spacial score (nSPS) is 11.0. The second kappa shape index (κ2) is 6.22. The van der Waals surface area contributed by atoms with Crippen molar-refractivity contribution in [1.82, 2.24) is 14.5 Å². The van der Waals surface area contributed by atoms with E-state index in [4.69, 9.17) is 0 Å². The first-order chi connectivity index (χ1) is 12.1. The number of benzene rings is 2. The molecular weight excluding hydrogens is 380 g/mol. The molecular formula is C19H15BrN4O. The molecule has 4 aromatic rings. The highest BCUT2D eigenvalue weighted by Gasteiger charge is 2.11. The van der Waals surface area contributed by atoms with Crippen molar-refractivity contribution in [3.05, 3.63) is 71.0 Å². The van der Waals surface area contributed by atoms with Crippen LogP contribution >= 0.6 is 15.9 Å². The van der Waals surface area contributed by atoms with Crippen LogP contribution in [0, 0.1) is 0 Å². The summed E-state index contributed by atoms with van der Waals surface area (Å²) in [4.78, 5) is 19.8. The molecule has 4 rings (SSSR count). The maximum atomic E-state index is 12.2. The summed E-state index contributed by atoms with van der Waals surface area (Å²) in [5, 5.41) is 2.87. The van der Waals surface area contributed by atoms with Crippen LogP contribution in [0.25, 0.3) is 22.4 Å². The number of aryl methyl sites for hydroxylation is 1. The maximum absolute atomic E-state index is 12.2. The second-order valence-electron chi connectivity index (χ2n) is 5.75. The van der Waals surface area contributed by atoms with E-state index in [2.05, 4.69) is 41.8 Å². The largest absolute Gasteiger partial charge is 0.356 e. The van der Waals surface area contributed by atoms with E-state index in [0.717, 1.165) is 32.6 Å². The van der Waals surface area contributed by atoms with Gasteiger partial charge in [0.2, 0.25) is 0 Å². The number of imidazole rings is 1. The highest BCUT2D eigenvalue weighted by Crippen LogP contribution is 2.25. The van der Waals surface area contributed by atoms with Gasteiger partial charge in [-0.15, -0.1) is 0 Å². The van der Waals surface area contributed by atoms with E-state index in [0.29, 0.717) is 5.69 Å². The molecule has 0 unspecified atom stereocenters. The molecule has 0 saturated heterocycles. The Balaban J connectivity index is 1.59. The van der Waals surface area contributed by atoms with Crippen LogP contribution < -0.4 is 5.32 Å². The number of carbonyl (C=O) groups is 1. The molecule has 2 aromatic carbocycles. The first kappa shape index (κ1) is 15.7. The molecule has 5 nitrogen and oxygen atoms in total. The fraction of sp³-hybridized carbons (Fsp3) is 0.0526. The van der Waals surface area contributed by atoms with E-state index >= 15 is 0 Å². The molecule has 25 heavy (non-hydrogen) atoms. The summed E-state index contributed by atoms with van der Waals surface area (Å²) in [5.41, 5.74) is 4.30. The zero-order valence-corrected chi connectivity index (χ0v) is 15.0. The topological polar surface area (TPSA) is 62.7 Å². The molecule has 2 N–H and O–H groups in total. The summed E-state index contributed by atoms with van der Waals surface area (Å²) in [6.07, 6.45) is 1.73. The zero-order valence-electron chi connectivity index (χ0n) is 13.5.